The number of hydrogen-bond acceptors (Lipinski definition) is 3. The van der Waals surface area contributed by atoms with Crippen molar-refractivity contribution in [2.75, 3.05) is 0 Å². The van der Waals surface area contributed by atoms with Crippen LogP contribution in [-0.4, -0.2) is 26.9 Å². The van der Waals surface area contributed by atoms with Crippen LogP contribution in [0.25, 0.3) is 0 Å². The summed E-state index contributed by atoms with van der Waals surface area (Å²) in [5.74, 6) is -0.874. The number of aryl methyl sites for hydroxylation is 1. The molecule has 0 saturated heterocycles. The molecule has 0 radical (unpaired) electrons. The maximum Gasteiger partial charge on any atom is 0.339 e. The molecule has 1 amide bonds. The Hall–Kier alpha value is -1.85. The molecular weight excluding hydrogens is 198 g/mol. The maximum atomic E-state index is 10.9. The average Bonchev–Trinajstić information content (AvgIpc) is 2.39. The summed E-state index contributed by atoms with van der Waals surface area (Å²) in [7, 11) is 0. The Morgan fingerprint density at radius 3 is 2.47 bits per heavy atom. The number of carbonyl (C=O) groups excluding carboxylic acids is 1. The minimum absolute atomic E-state index is 0.0200. The first-order chi connectivity index (χ1) is 6.93. The topological polar surface area (TPSA) is 98.2 Å². The quantitative estimate of drug-likeness (QED) is 0.758. The number of nitrogens with zero attached hydrogens (tertiary/aromatic N) is 2. The molecule has 15 heavy (non-hydrogen) atoms. The van der Waals surface area contributed by atoms with Crippen molar-refractivity contribution in [1.29, 1.82) is 0 Å². The van der Waals surface area contributed by atoms with E-state index in [0.717, 1.165) is 10.2 Å². The van der Waals surface area contributed by atoms with Gasteiger partial charge >= 0.3 is 12.0 Å². The highest BCUT2D eigenvalue weighted by atomic mass is 16.4. The summed E-state index contributed by atoms with van der Waals surface area (Å²) in [6.45, 7) is 3.42. The van der Waals surface area contributed by atoms with E-state index in [2.05, 4.69) is 5.10 Å². The fourth-order valence-electron chi connectivity index (χ4n) is 1.48. The minimum Gasteiger partial charge on any atom is -0.481 e. The van der Waals surface area contributed by atoms with E-state index < -0.39 is 12.0 Å². The first-order valence-corrected chi connectivity index (χ1v) is 4.50. The molecule has 0 atom stereocenters. The van der Waals surface area contributed by atoms with Crippen LogP contribution in [0.2, 0.25) is 0 Å². The fraction of sp³-hybridized carbons (Fsp3) is 0.444. The van der Waals surface area contributed by atoms with Gasteiger partial charge in [0.25, 0.3) is 0 Å². The predicted octanol–water partition coefficient (Wildman–Crippen LogP) is 0.444. The van der Waals surface area contributed by atoms with Gasteiger partial charge in [0.1, 0.15) is 0 Å². The number of aliphatic carboxylic acids is 1. The van der Waals surface area contributed by atoms with Crippen LogP contribution >= 0.6 is 0 Å². The van der Waals surface area contributed by atoms with E-state index in [1.165, 1.54) is 0 Å². The van der Waals surface area contributed by atoms with Crippen molar-refractivity contribution in [3.63, 3.8) is 0 Å². The molecule has 0 fully saturated rings. The van der Waals surface area contributed by atoms with Crippen molar-refractivity contribution in [2.45, 2.75) is 26.7 Å². The lowest BCUT2D eigenvalue weighted by atomic mass is 10.1. The molecule has 0 aliphatic heterocycles. The van der Waals surface area contributed by atoms with Crippen LogP contribution in [0.4, 0.5) is 4.79 Å². The molecule has 0 spiro atoms. The zero-order valence-electron chi connectivity index (χ0n) is 8.65. The van der Waals surface area contributed by atoms with Crippen molar-refractivity contribution in [1.82, 2.24) is 9.78 Å². The van der Waals surface area contributed by atoms with Crippen LogP contribution in [0.3, 0.4) is 0 Å². The number of aromatic nitrogens is 2. The highest BCUT2D eigenvalue weighted by molar-refractivity contribution is 5.75. The lowest BCUT2D eigenvalue weighted by molar-refractivity contribution is -0.136. The van der Waals surface area contributed by atoms with Crippen LogP contribution in [0, 0.1) is 13.8 Å². The van der Waals surface area contributed by atoms with Gasteiger partial charge in [0.2, 0.25) is 0 Å². The van der Waals surface area contributed by atoms with Gasteiger partial charge in [-0.15, -0.1) is 0 Å². The number of carbonyl (C=O) groups is 2. The largest absolute Gasteiger partial charge is 0.481 e. The van der Waals surface area contributed by atoms with Crippen molar-refractivity contribution in [3.05, 3.63) is 17.0 Å². The normalized spacial score (nSPS) is 10.3. The molecule has 82 valence electrons. The number of hydrogen-bond donors (Lipinski definition) is 2. The standard InChI is InChI=1S/C9H13N3O3/c1-5-7(3-4-8(13)14)6(2)12(11-5)9(10)15/h3-4H2,1-2H3,(H2,10,15)(H,13,14). The van der Waals surface area contributed by atoms with E-state index in [9.17, 15) is 9.59 Å². The van der Waals surface area contributed by atoms with Crippen molar-refractivity contribution < 1.29 is 14.7 Å². The maximum absolute atomic E-state index is 10.9. The van der Waals surface area contributed by atoms with E-state index in [0.29, 0.717) is 17.8 Å². The number of carboxylic acids is 1. The molecule has 0 aliphatic carbocycles. The van der Waals surface area contributed by atoms with Crippen LogP contribution in [0.1, 0.15) is 23.4 Å². The highest BCUT2D eigenvalue weighted by Gasteiger charge is 2.14. The second-order valence-corrected chi connectivity index (χ2v) is 3.29. The number of nitrogens with two attached hydrogens (primary N) is 1. The Bertz CT molecular complexity index is 409. The number of carboxylic acid groups (broad SMARTS) is 1. The molecule has 1 aromatic rings. The number of rotatable bonds is 3. The van der Waals surface area contributed by atoms with Crippen molar-refractivity contribution >= 4 is 12.0 Å². The molecule has 1 heterocycles. The molecule has 6 nitrogen and oxygen atoms in total. The second kappa shape index (κ2) is 4.12. The highest BCUT2D eigenvalue weighted by Crippen LogP contribution is 2.14. The summed E-state index contributed by atoms with van der Waals surface area (Å²) in [5.41, 5.74) is 7.13. The van der Waals surface area contributed by atoms with Gasteiger partial charge in [0, 0.05) is 12.1 Å². The van der Waals surface area contributed by atoms with Crippen molar-refractivity contribution in [2.24, 2.45) is 5.73 Å². The smallest absolute Gasteiger partial charge is 0.339 e. The Labute approximate surface area is 86.7 Å². The summed E-state index contributed by atoms with van der Waals surface area (Å²) in [6, 6.07) is -0.655. The molecule has 0 aromatic carbocycles. The average molecular weight is 211 g/mol. The molecule has 0 aliphatic rings. The Kier molecular flexibility index (Phi) is 3.08. The summed E-state index contributed by atoms with van der Waals surface area (Å²) in [6.07, 6.45) is 0.381. The van der Waals surface area contributed by atoms with Gasteiger partial charge in [-0.2, -0.15) is 9.78 Å². The van der Waals surface area contributed by atoms with Gasteiger partial charge in [-0.3, -0.25) is 4.79 Å². The predicted molar refractivity (Wildman–Crippen MR) is 52.6 cm³/mol. The van der Waals surface area contributed by atoms with E-state index in [4.69, 9.17) is 10.8 Å². The van der Waals surface area contributed by atoms with Crippen LogP contribution < -0.4 is 5.73 Å². The summed E-state index contributed by atoms with van der Waals surface area (Å²) < 4.78 is 1.09. The minimum atomic E-state index is -0.874. The molecule has 6 heteroatoms. The zero-order chi connectivity index (χ0) is 11.6. The van der Waals surface area contributed by atoms with E-state index in [1.807, 2.05) is 0 Å². The van der Waals surface area contributed by atoms with E-state index >= 15 is 0 Å². The summed E-state index contributed by atoms with van der Waals surface area (Å²) >= 11 is 0. The van der Waals surface area contributed by atoms with Gasteiger partial charge in [-0.1, -0.05) is 0 Å². The van der Waals surface area contributed by atoms with Crippen LogP contribution in [0.5, 0.6) is 0 Å². The third-order valence-corrected chi connectivity index (χ3v) is 2.24. The van der Waals surface area contributed by atoms with E-state index in [-0.39, 0.29) is 6.42 Å². The van der Waals surface area contributed by atoms with Gasteiger partial charge in [0.05, 0.1) is 5.69 Å². The third kappa shape index (κ3) is 2.34. The first kappa shape index (κ1) is 11.2. The van der Waals surface area contributed by atoms with E-state index in [1.54, 1.807) is 13.8 Å². The number of amides is 1. The molecule has 1 aromatic heterocycles. The Balaban J connectivity index is 2.97. The first-order valence-electron chi connectivity index (χ1n) is 4.50. The molecular formula is C9H13N3O3. The molecule has 1 rings (SSSR count). The molecule has 3 N–H and O–H groups in total. The van der Waals surface area contributed by atoms with Gasteiger partial charge in [-0.25, -0.2) is 4.79 Å². The fourth-order valence-corrected chi connectivity index (χ4v) is 1.48. The van der Waals surface area contributed by atoms with Crippen LogP contribution in [0.15, 0.2) is 0 Å². The van der Waals surface area contributed by atoms with Crippen molar-refractivity contribution in [3.8, 4) is 0 Å². The lowest BCUT2D eigenvalue weighted by Crippen LogP contribution is -2.22. The second-order valence-electron chi connectivity index (χ2n) is 3.29. The number of primary amides is 1. The third-order valence-electron chi connectivity index (χ3n) is 2.24. The van der Waals surface area contributed by atoms with Gasteiger partial charge in [-0.05, 0) is 25.8 Å². The molecule has 0 bridgehead atoms. The Morgan fingerprint density at radius 2 is 2.07 bits per heavy atom. The summed E-state index contributed by atoms with van der Waals surface area (Å²) in [5, 5.41) is 12.5. The molecule has 0 unspecified atom stereocenters. The molecule has 0 saturated carbocycles. The SMILES string of the molecule is Cc1nn(C(N)=O)c(C)c1CCC(=O)O. The summed E-state index contributed by atoms with van der Waals surface area (Å²) in [4.78, 5) is 21.3. The lowest BCUT2D eigenvalue weighted by Gasteiger charge is -1.99. The zero-order valence-corrected chi connectivity index (χ0v) is 8.65. The monoisotopic (exact) mass is 211 g/mol. The van der Waals surface area contributed by atoms with Gasteiger partial charge < -0.3 is 10.8 Å². The van der Waals surface area contributed by atoms with Gasteiger partial charge in [0.15, 0.2) is 0 Å². The Morgan fingerprint density at radius 1 is 1.47 bits per heavy atom. The van der Waals surface area contributed by atoms with Crippen LogP contribution in [-0.2, 0) is 11.2 Å².